The fourth-order valence-electron chi connectivity index (χ4n) is 4.04. The van der Waals surface area contributed by atoms with E-state index in [4.69, 9.17) is 4.74 Å². The topological polar surface area (TPSA) is 25.0 Å². The van der Waals surface area contributed by atoms with E-state index in [2.05, 4.69) is 108 Å². The zero-order chi connectivity index (χ0) is 21.6. The first-order valence-electron chi connectivity index (χ1n) is 10.9. The van der Waals surface area contributed by atoms with E-state index >= 15 is 0 Å². The highest BCUT2D eigenvalue weighted by Crippen LogP contribution is 2.34. The van der Waals surface area contributed by atoms with Crippen LogP contribution in [0.1, 0.15) is 28.2 Å². The molecule has 0 aliphatic rings. The summed E-state index contributed by atoms with van der Waals surface area (Å²) < 4.78 is 6.03. The van der Waals surface area contributed by atoms with Crippen LogP contribution in [-0.2, 0) is 6.61 Å². The normalized spacial score (nSPS) is 12.2. The Balaban J connectivity index is 1.45. The standard InChI is InChI=1S/C30H25NO/c1-4-10-23(11-5-1)16-18-27(25-14-8-3-9-15-25)29-21-31-30-20-26(17-19-28(29)30)32-22-24-12-6-2-7-13-24/h1-21,27,31H,22H2/b18-16+/t27-/m0/s1. The van der Waals surface area contributed by atoms with Gasteiger partial charge in [0.2, 0.25) is 0 Å². The lowest BCUT2D eigenvalue weighted by Crippen LogP contribution is -1.97. The molecular formula is C30H25NO. The lowest BCUT2D eigenvalue weighted by atomic mass is 9.90. The molecule has 0 radical (unpaired) electrons. The molecule has 2 nitrogen and oxygen atoms in total. The number of aromatic nitrogens is 1. The third-order valence-corrected chi connectivity index (χ3v) is 5.71. The molecule has 0 aliphatic carbocycles. The maximum Gasteiger partial charge on any atom is 0.121 e. The van der Waals surface area contributed by atoms with Gasteiger partial charge in [-0.1, -0.05) is 103 Å². The Morgan fingerprint density at radius 2 is 1.44 bits per heavy atom. The first-order valence-corrected chi connectivity index (χ1v) is 10.9. The summed E-state index contributed by atoms with van der Waals surface area (Å²) in [6.07, 6.45) is 6.61. The van der Waals surface area contributed by atoms with Gasteiger partial charge in [-0.15, -0.1) is 0 Å². The van der Waals surface area contributed by atoms with Crippen molar-refractivity contribution in [2.75, 3.05) is 0 Å². The molecule has 156 valence electrons. The average Bonchev–Trinajstić information content (AvgIpc) is 3.28. The van der Waals surface area contributed by atoms with Crippen LogP contribution in [0.3, 0.4) is 0 Å². The predicted molar refractivity (Wildman–Crippen MR) is 133 cm³/mol. The number of hydrogen-bond donors (Lipinski definition) is 1. The van der Waals surface area contributed by atoms with Crippen molar-refractivity contribution in [2.45, 2.75) is 12.5 Å². The SMILES string of the molecule is C(=C\[C@@H](c1ccccc1)c1c[nH]c2cc(OCc3ccccc3)ccc12)/c1ccccc1. The van der Waals surface area contributed by atoms with Gasteiger partial charge in [0.15, 0.2) is 0 Å². The molecule has 1 heterocycles. The zero-order valence-electron chi connectivity index (χ0n) is 17.8. The number of ether oxygens (including phenoxy) is 1. The molecule has 1 N–H and O–H groups in total. The van der Waals surface area contributed by atoms with Crippen molar-refractivity contribution in [1.82, 2.24) is 4.98 Å². The number of rotatable bonds is 7. The number of nitrogens with one attached hydrogen (secondary N) is 1. The van der Waals surface area contributed by atoms with Gasteiger partial charge in [-0.2, -0.15) is 0 Å². The number of benzene rings is 4. The van der Waals surface area contributed by atoms with Gasteiger partial charge < -0.3 is 9.72 Å². The molecule has 5 rings (SSSR count). The van der Waals surface area contributed by atoms with Gasteiger partial charge in [0.1, 0.15) is 12.4 Å². The largest absolute Gasteiger partial charge is 0.489 e. The van der Waals surface area contributed by atoms with E-state index < -0.39 is 0 Å². The maximum absolute atomic E-state index is 6.03. The van der Waals surface area contributed by atoms with Crippen molar-refractivity contribution >= 4 is 17.0 Å². The summed E-state index contributed by atoms with van der Waals surface area (Å²) in [5.41, 5.74) is 5.97. The molecule has 32 heavy (non-hydrogen) atoms. The highest BCUT2D eigenvalue weighted by Gasteiger charge is 2.16. The molecule has 4 aromatic carbocycles. The van der Waals surface area contributed by atoms with E-state index in [1.807, 2.05) is 24.3 Å². The lowest BCUT2D eigenvalue weighted by molar-refractivity contribution is 0.306. The number of hydrogen-bond acceptors (Lipinski definition) is 1. The Labute approximate surface area is 188 Å². The molecule has 0 fully saturated rings. The van der Waals surface area contributed by atoms with Crippen LogP contribution in [0.5, 0.6) is 5.75 Å². The molecule has 0 unspecified atom stereocenters. The molecule has 1 aromatic heterocycles. The fourth-order valence-corrected chi connectivity index (χ4v) is 4.04. The lowest BCUT2D eigenvalue weighted by Gasteiger charge is -2.13. The molecule has 0 saturated heterocycles. The van der Waals surface area contributed by atoms with E-state index in [0.717, 1.165) is 16.8 Å². The van der Waals surface area contributed by atoms with E-state index in [1.165, 1.54) is 22.1 Å². The first kappa shape index (κ1) is 19.9. The Kier molecular flexibility index (Phi) is 5.85. The molecule has 0 saturated carbocycles. The maximum atomic E-state index is 6.03. The third kappa shape index (κ3) is 4.50. The van der Waals surface area contributed by atoms with Crippen molar-refractivity contribution in [3.05, 3.63) is 144 Å². The molecule has 0 amide bonds. The second-order valence-corrected chi connectivity index (χ2v) is 7.88. The Bertz CT molecular complexity index is 1300. The number of fused-ring (bicyclic) bond motifs is 1. The van der Waals surface area contributed by atoms with Crippen molar-refractivity contribution in [2.24, 2.45) is 0 Å². The van der Waals surface area contributed by atoms with Gasteiger partial charge in [0.05, 0.1) is 0 Å². The average molecular weight is 416 g/mol. The summed E-state index contributed by atoms with van der Waals surface area (Å²) in [5.74, 6) is 1.02. The minimum Gasteiger partial charge on any atom is -0.489 e. The predicted octanol–water partition coefficient (Wildman–Crippen LogP) is 7.59. The Morgan fingerprint density at radius 3 is 2.19 bits per heavy atom. The summed E-state index contributed by atoms with van der Waals surface area (Å²) in [6, 6.07) is 37.6. The fraction of sp³-hybridized carbons (Fsp3) is 0.0667. The molecule has 2 heteroatoms. The molecule has 0 spiro atoms. The molecule has 0 bridgehead atoms. The van der Waals surface area contributed by atoms with E-state index in [-0.39, 0.29) is 5.92 Å². The van der Waals surface area contributed by atoms with Gasteiger partial charge in [0, 0.05) is 29.1 Å². The Morgan fingerprint density at radius 1 is 0.750 bits per heavy atom. The molecule has 1 atom stereocenters. The minimum atomic E-state index is 0.154. The van der Waals surface area contributed by atoms with Gasteiger partial charge >= 0.3 is 0 Å². The van der Waals surface area contributed by atoms with Crippen LogP contribution < -0.4 is 4.74 Å². The molecular weight excluding hydrogens is 390 g/mol. The van der Waals surface area contributed by atoms with E-state index in [1.54, 1.807) is 0 Å². The number of aromatic amines is 1. The van der Waals surface area contributed by atoms with Crippen LogP contribution in [-0.4, -0.2) is 4.98 Å². The Hall–Kier alpha value is -4.04. The highest BCUT2D eigenvalue weighted by atomic mass is 16.5. The third-order valence-electron chi connectivity index (χ3n) is 5.71. The monoisotopic (exact) mass is 415 g/mol. The van der Waals surface area contributed by atoms with Crippen molar-refractivity contribution in [3.8, 4) is 5.75 Å². The smallest absolute Gasteiger partial charge is 0.121 e. The molecule has 0 aliphatic heterocycles. The number of H-pyrrole nitrogens is 1. The second-order valence-electron chi connectivity index (χ2n) is 7.88. The quantitative estimate of drug-likeness (QED) is 0.291. The van der Waals surface area contributed by atoms with E-state index in [0.29, 0.717) is 6.61 Å². The summed E-state index contributed by atoms with van der Waals surface area (Å²) >= 11 is 0. The summed E-state index contributed by atoms with van der Waals surface area (Å²) in [6.45, 7) is 0.562. The van der Waals surface area contributed by atoms with Crippen molar-refractivity contribution in [1.29, 1.82) is 0 Å². The van der Waals surface area contributed by atoms with Crippen molar-refractivity contribution in [3.63, 3.8) is 0 Å². The van der Waals surface area contributed by atoms with Crippen LogP contribution in [0.25, 0.3) is 17.0 Å². The van der Waals surface area contributed by atoms with Crippen LogP contribution in [0.4, 0.5) is 0 Å². The van der Waals surface area contributed by atoms with Crippen LogP contribution in [0.15, 0.2) is 121 Å². The molecule has 5 aromatic rings. The summed E-state index contributed by atoms with van der Waals surface area (Å²) in [5, 5.41) is 1.21. The van der Waals surface area contributed by atoms with Crippen LogP contribution >= 0.6 is 0 Å². The van der Waals surface area contributed by atoms with Gasteiger partial charge in [-0.05, 0) is 34.4 Å². The van der Waals surface area contributed by atoms with Gasteiger partial charge in [-0.25, -0.2) is 0 Å². The van der Waals surface area contributed by atoms with Gasteiger partial charge in [-0.3, -0.25) is 0 Å². The zero-order valence-corrected chi connectivity index (χ0v) is 17.8. The highest BCUT2D eigenvalue weighted by molar-refractivity contribution is 5.86. The van der Waals surface area contributed by atoms with Gasteiger partial charge in [0.25, 0.3) is 0 Å². The minimum absolute atomic E-state index is 0.154. The van der Waals surface area contributed by atoms with Crippen LogP contribution in [0, 0.1) is 0 Å². The summed E-state index contributed by atoms with van der Waals surface area (Å²) in [7, 11) is 0. The number of allylic oxidation sites excluding steroid dienone is 1. The first-order chi connectivity index (χ1) is 15.9. The van der Waals surface area contributed by atoms with Crippen LogP contribution in [0.2, 0.25) is 0 Å². The summed E-state index contributed by atoms with van der Waals surface area (Å²) in [4.78, 5) is 3.46. The van der Waals surface area contributed by atoms with E-state index in [9.17, 15) is 0 Å². The van der Waals surface area contributed by atoms with Crippen molar-refractivity contribution < 1.29 is 4.74 Å². The second kappa shape index (κ2) is 9.40.